The Balaban J connectivity index is 4.02. The summed E-state index contributed by atoms with van der Waals surface area (Å²) >= 11 is 0. The molecule has 0 bridgehead atoms. The van der Waals surface area contributed by atoms with Gasteiger partial charge in [-0.2, -0.15) is 0 Å². The van der Waals surface area contributed by atoms with Gasteiger partial charge in [0.15, 0.2) is 0 Å². The molecule has 0 amide bonds. The maximum absolute atomic E-state index is 11.6. The maximum atomic E-state index is 11.6. The standard InChI is InChI=1S/C11H22O/c1-8(2)9(3)7-10(12)11(4,5)6/h8-9H,7H2,1-6H3. The van der Waals surface area contributed by atoms with Gasteiger partial charge in [0.25, 0.3) is 0 Å². The zero-order valence-electron chi connectivity index (χ0n) is 9.27. The molecule has 0 aliphatic rings. The third-order valence-electron chi connectivity index (χ3n) is 2.48. The van der Waals surface area contributed by atoms with Gasteiger partial charge in [0.2, 0.25) is 0 Å². The van der Waals surface area contributed by atoms with Crippen LogP contribution >= 0.6 is 0 Å². The van der Waals surface area contributed by atoms with Crippen molar-refractivity contribution in [2.24, 2.45) is 17.3 Å². The van der Waals surface area contributed by atoms with E-state index in [4.69, 9.17) is 0 Å². The molecule has 12 heavy (non-hydrogen) atoms. The topological polar surface area (TPSA) is 17.1 Å². The van der Waals surface area contributed by atoms with E-state index in [1.165, 1.54) is 0 Å². The van der Waals surface area contributed by atoms with Crippen molar-refractivity contribution in [2.45, 2.75) is 48.0 Å². The molecule has 0 rings (SSSR count). The van der Waals surface area contributed by atoms with Gasteiger partial charge in [0, 0.05) is 11.8 Å². The van der Waals surface area contributed by atoms with E-state index >= 15 is 0 Å². The third kappa shape index (κ3) is 3.89. The van der Waals surface area contributed by atoms with E-state index < -0.39 is 0 Å². The number of hydrogen-bond acceptors (Lipinski definition) is 1. The Kier molecular flexibility index (Phi) is 3.95. The van der Waals surface area contributed by atoms with Crippen LogP contribution in [-0.4, -0.2) is 5.78 Å². The van der Waals surface area contributed by atoms with Crippen LogP contribution in [0.4, 0.5) is 0 Å². The molecule has 1 nitrogen and oxygen atoms in total. The number of ketones is 1. The fourth-order valence-electron chi connectivity index (χ4n) is 0.834. The number of carbonyl (C=O) groups excluding carboxylic acids is 1. The van der Waals surface area contributed by atoms with Crippen LogP contribution in [0.15, 0.2) is 0 Å². The molecule has 1 heteroatoms. The van der Waals surface area contributed by atoms with Crippen LogP contribution in [-0.2, 0) is 4.79 Å². The van der Waals surface area contributed by atoms with Crippen molar-refractivity contribution >= 4 is 5.78 Å². The van der Waals surface area contributed by atoms with Gasteiger partial charge in [0.05, 0.1) is 0 Å². The number of rotatable bonds is 3. The average Bonchev–Trinajstić information content (AvgIpc) is 1.85. The van der Waals surface area contributed by atoms with Gasteiger partial charge in [-0.3, -0.25) is 4.79 Å². The maximum Gasteiger partial charge on any atom is 0.138 e. The smallest absolute Gasteiger partial charge is 0.138 e. The predicted molar refractivity (Wildman–Crippen MR) is 53.1 cm³/mol. The zero-order valence-corrected chi connectivity index (χ0v) is 9.27. The quantitative estimate of drug-likeness (QED) is 0.635. The Bertz CT molecular complexity index is 151. The molecule has 0 heterocycles. The fourth-order valence-corrected chi connectivity index (χ4v) is 0.834. The molecule has 0 aromatic rings. The Hall–Kier alpha value is -0.330. The van der Waals surface area contributed by atoms with Crippen LogP contribution in [0.25, 0.3) is 0 Å². The monoisotopic (exact) mass is 170 g/mol. The second-order valence-corrected chi connectivity index (χ2v) is 5.10. The average molecular weight is 170 g/mol. The summed E-state index contributed by atoms with van der Waals surface area (Å²) in [5, 5.41) is 0. The summed E-state index contributed by atoms with van der Waals surface area (Å²) < 4.78 is 0. The van der Waals surface area contributed by atoms with Gasteiger partial charge < -0.3 is 0 Å². The summed E-state index contributed by atoms with van der Waals surface area (Å²) in [6.07, 6.45) is 0.723. The van der Waals surface area contributed by atoms with Gasteiger partial charge in [-0.1, -0.05) is 41.5 Å². The summed E-state index contributed by atoms with van der Waals surface area (Å²) in [5.74, 6) is 1.50. The van der Waals surface area contributed by atoms with Crippen molar-refractivity contribution in [1.29, 1.82) is 0 Å². The molecule has 0 aliphatic heterocycles. The van der Waals surface area contributed by atoms with Crippen LogP contribution in [0.5, 0.6) is 0 Å². The van der Waals surface area contributed by atoms with E-state index in [-0.39, 0.29) is 5.41 Å². The van der Waals surface area contributed by atoms with E-state index in [1.807, 2.05) is 20.8 Å². The first-order valence-electron chi connectivity index (χ1n) is 4.78. The number of hydrogen-bond donors (Lipinski definition) is 0. The summed E-state index contributed by atoms with van der Waals surface area (Å²) in [7, 11) is 0. The molecule has 0 saturated carbocycles. The lowest BCUT2D eigenvalue weighted by molar-refractivity contribution is -0.127. The first kappa shape index (κ1) is 11.7. The SMILES string of the molecule is CC(C)C(C)CC(=O)C(C)(C)C. The van der Waals surface area contributed by atoms with Gasteiger partial charge in [-0.05, 0) is 11.8 Å². The van der Waals surface area contributed by atoms with Gasteiger partial charge >= 0.3 is 0 Å². The lowest BCUT2D eigenvalue weighted by atomic mass is 9.82. The molecule has 0 aromatic carbocycles. The molecule has 0 radical (unpaired) electrons. The normalized spacial score (nSPS) is 14.9. The summed E-state index contributed by atoms with van der Waals surface area (Å²) in [6, 6.07) is 0. The lowest BCUT2D eigenvalue weighted by Gasteiger charge is -2.21. The highest BCUT2D eigenvalue weighted by molar-refractivity contribution is 5.83. The predicted octanol–water partition coefficient (Wildman–Crippen LogP) is 3.28. The van der Waals surface area contributed by atoms with Crippen molar-refractivity contribution in [3.63, 3.8) is 0 Å². The molecule has 0 fully saturated rings. The lowest BCUT2D eigenvalue weighted by Crippen LogP contribution is -2.23. The van der Waals surface area contributed by atoms with Crippen molar-refractivity contribution in [2.75, 3.05) is 0 Å². The van der Waals surface area contributed by atoms with E-state index in [0.29, 0.717) is 17.6 Å². The summed E-state index contributed by atoms with van der Waals surface area (Å²) in [6.45, 7) is 12.4. The Morgan fingerprint density at radius 1 is 1.17 bits per heavy atom. The molecule has 0 aromatic heterocycles. The van der Waals surface area contributed by atoms with Crippen molar-refractivity contribution in [3.05, 3.63) is 0 Å². The van der Waals surface area contributed by atoms with Crippen molar-refractivity contribution in [1.82, 2.24) is 0 Å². The summed E-state index contributed by atoms with van der Waals surface area (Å²) in [5.41, 5.74) is -0.164. The molecular formula is C11H22O. The molecule has 0 saturated heterocycles. The highest BCUT2D eigenvalue weighted by Crippen LogP contribution is 2.23. The van der Waals surface area contributed by atoms with Gasteiger partial charge in [-0.15, -0.1) is 0 Å². The minimum atomic E-state index is -0.164. The second kappa shape index (κ2) is 4.06. The van der Waals surface area contributed by atoms with E-state index in [0.717, 1.165) is 6.42 Å². The third-order valence-corrected chi connectivity index (χ3v) is 2.48. The number of carbonyl (C=O) groups is 1. The van der Waals surface area contributed by atoms with Crippen LogP contribution in [0.3, 0.4) is 0 Å². The molecule has 0 aliphatic carbocycles. The van der Waals surface area contributed by atoms with Crippen LogP contribution in [0.1, 0.15) is 48.0 Å². The minimum absolute atomic E-state index is 0.164. The van der Waals surface area contributed by atoms with Gasteiger partial charge in [-0.25, -0.2) is 0 Å². The highest BCUT2D eigenvalue weighted by Gasteiger charge is 2.23. The zero-order chi connectivity index (χ0) is 9.94. The van der Waals surface area contributed by atoms with E-state index in [9.17, 15) is 4.79 Å². The van der Waals surface area contributed by atoms with Gasteiger partial charge in [0.1, 0.15) is 5.78 Å². The minimum Gasteiger partial charge on any atom is -0.299 e. The molecule has 0 N–H and O–H groups in total. The molecule has 1 unspecified atom stereocenters. The number of Topliss-reactive ketones (excluding diaryl/α,β-unsaturated/α-hetero) is 1. The Morgan fingerprint density at radius 3 is 1.83 bits per heavy atom. The largest absolute Gasteiger partial charge is 0.299 e. The molecule has 1 atom stereocenters. The molecular weight excluding hydrogens is 148 g/mol. The summed E-state index contributed by atoms with van der Waals surface area (Å²) in [4.78, 5) is 11.6. The first-order valence-corrected chi connectivity index (χ1v) is 4.78. The van der Waals surface area contributed by atoms with Crippen molar-refractivity contribution < 1.29 is 4.79 Å². The molecule has 72 valence electrons. The second-order valence-electron chi connectivity index (χ2n) is 5.10. The van der Waals surface area contributed by atoms with Crippen LogP contribution in [0.2, 0.25) is 0 Å². The highest BCUT2D eigenvalue weighted by atomic mass is 16.1. The Labute approximate surface area is 76.6 Å². The fraction of sp³-hybridized carbons (Fsp3) is 0.909. The van der Waals surface area contributed by atoms with Crippen molar-refractivity contribution in [3.8, 4) is 0 Å². The van der Waals surface area contributed by atoms with Crippen LogP contribution in [0, 0.1) is 17.3 Å². The van der Waals surface area contributed by atoms with E-state index in [1.54, 1.807) is 0 Å². The molecule has 0 spiro atoms. The Morgan fingerprint density at radius 2 is 1.58 bits per heavy atom. The first-order chi connectivity index (χ1) is 5.25. The van der Waals surface area contributed by atoms with Crippen LogP contribution < -0.4 is 0 Å². The van der Waals surface area contributed by atoms with E-state index in [2.05, 4.69) is 20.8 Å².